The molecule has 8 nitrogen and oxygen atoms in total. The first-order chi connectivity index (χ1) is 17.0. The number of hydrogen-bond acceptors (Lipinski definition) is 8. The lowest BCUT2D eigenvalue weighted by Gasteiger charge is -2.36. The van der Waals surface area contributed by atoms with E-state index < -0.39 is 0 Å². The van der Waals surface area contributed by atoms with Crippen LogP contribution in [0.25, 0.3) is 0 Å². The number of nitrogens with zero attached hydrogens (tertiary/aromatic N) is 3. The topological polar surface area (TPSA) is 102 Å². The maximum atomic E-state index is 13.5. The molecule has 1 aromatic carbocycles. The van der Waals surface area contributed by atoms with Crippen LogP contribution in [-0.2, 0) is 0 Å². The summed E-state index contributed by atoms with van der Waals surface area (Å²) in [5.41, 5.74) is 3.49. The largest absolute Gasteiger partial charge is 0.395 e. The molecule has 9 heteroatoms. The summed E-state index contributed by atoms with van der Waals surface area (Å²) < 4.78 is 3.30. The highest BCUT2D eigenvalue weighted by atomic mass is 32.2. The molecule has 4 N–H and O–H groups in total. The fraction of sp³-hybridized carbons (Fsp3) is 0.577. The highest BCUT2D eigenvalue weighted by molar-refractivity contribution is 8.00. The first-order valence-electron chi connectivity index (χ1n) is 12.9. The molecular weight excluding hydrogens is 460 g/mol. The zero-order valence-electron chi connectivity index (χ0n) is 20.5. The van der Waals surface area contributed by atoms with E-state index in [1.165, 1.54) is 37.6 Å². The average Bonchev–Trinajstić information content (AvgIpc) is 3.60. The predicted molar refractivity (Wildman–Crippen MR) is 143 cm³/mol. The summed E-state index contributed by atoms with van der Waals surface area (Å²) in [6.07, 6.45) is 9.52. The zero-order chi connectivity index (χ0) is 24.3. The molecule has 188 valence electrons. The summed E-state index contributed by atoms with van der Waals surface area (Å²) in [7, 11) is 0. The second-order valence-electron chi connectivity index (χ2n) is 10.2. The number of aryl methyl sites for hydroxylation is 1. The summed E-state index contributed by atoms with van der Waals surface area (Å²) in [6.45, 7) is 3.99. The number of aliphatic hydroxyl groups is 1. The van der Waals surface area contributed by atoms with Gasteiger partial charge >= 0.3 is 0 Å². The molecule has 1 spiro atoms. The Morgan fingerprint density at radius 1 is 1.17 bits per heavy atom. The van der Waals surface area contributed by atoms with E-state index >= 15 is 0 Å². The lowest BCUT2D eigenvalue weighted by molar-refractivity contribution is 0.102. The van der Waals surface area contributed by atoms with E-state index in [1.54, 1.807) is 0 Å². The Bertz CT molecular complexity index is 1060. The van der Waals surface area contributed by atoms with Gasteiger partial charge in [0.1, 0.15) is 5.82 Å². The van der Waals surface area contributed by atoms with Crippen LogP contribution in [0.4, 0.5) is 23.1 Å². The first-order valence-corrected chi connectivity index (χ1v) is 13.9. The number of aromatic nitrogens is 2. The second kappa shape index (κ2) is 10.6. The van der Waals surface area contributed by atoms with Crippen LogP contribution in [0, 0.1) is 12.8 Å². The second-order valence-corrected chi connectivity index (χ2v) is 11.1. The quantitative estimate of drug-likeness (QED) is 0.353. The fourth-order valence-electron chi connectivity index (χ4n) is 5.34. The van der Waals surface area contributed by atoms with Crippen molar-refractivity contribution in [2.24, 2.45) is 5.92 Å². The predicted octanol–water partition coefficient (Wildman–Crippen LogP) is 4.82. The number of fused-ring (bicyclic) bond motifs is 6. The van der Waals surface area contributed by atoms with E-state index in [9.17, 15) is 4.79 Å². The van der Waals surface area contributed by atoms with E-state index in [0.717, 1.165) is 55.8 Å². The molecule has 1 amide bonds. The van der Waals surface area contributed by atoms with E-state index in [-0.39, 0.29) is 18.1 Å². The molecule has 1 aliphatic carbocycles. The lowest BCUT2D eigenvalue weighted by atomic mass is 9.91. The number of anilines is 4. The van der Waals surface area contributed by atoms with Crippen molar-refractivity contribution >= 4 is 41.0 Å². The maximum Gasteiger partial charge on any atom is 0.258 e. The van der Waals surface area contributed by atoms with Crippen molar-refractivity contribution in [2.75, 3.05) is 45.7 Å². The van der Waals surface area contributed by atoms with Gasteiger partial charge in [0.25, 0.3) is 5.91 Å². The minimum atomic E-state index is -0.158. The minimum absolute atomic E-state index is 0.120. The van der Waals surface area contributed by atoms with Gasteiger partial charge in [0.15, 0.2) is 0 Å². The molecule has 35 heavy (non-hydrogen) atoms. The van der Waals surface area contributed by atoms with E-state index in [4.69, 9.17) is 5.11 Å². The molecule has 5 rings (SSSR count). The molecule has 3 heterocycles. The number of amides is 1. The molecule has 1 saturated heterocycles. The van der Waals surface area contributed by atoms with Crippen molar-refractivity contribution in [2.45, 2.75) is 63.8 Å². The highest BCUT2D eigenvalue weighted by Crippen LogP contribution is 2.43. The molecule has 1 unspecified atom stereocenters. The van der Waals surface area contributed by atoms with Gasteiger partial charge in [-0.25, -0.2) is 4.98 Å². The van der Waals surface area contributed by atoms with Crippen molar-refractivity contribution in [3.05, 3.63) is 35.5 Å². The van der Waals surface area contributed by atoms with Crippen LogP contribution < -0.4 is 20.3 Å². The Kier molecular flexibility index (Phi) is 7.34. The van der Waals surface area contributed by atoms with Crippen molar-refractivity contribution in [1.29, 1.82) is 0 Å². The van der Waals surface area contributed by atoms with Crippen LogP contribution in [0.1, 0.15) is 67.4 Å². The van der Waals surface area contributed by atoms with Crippen LogP contribution >= 0.6 is 11.9 Å². The normalized spacial score (nSPS) is 21.6. The fourth-order valence-corrected chi connectivity index (χ4v) is 5.83. The van der Waals surface area contributed by atoms with Gasteiger partial charge in [0.2, 0.25) is 5.95 Å². The molecular formula is C26H36N6O2S. The molecule has 0 radical (unpaired) electrons. The van der Waals surface area contributed by atoms with Crippen LogP contribution in [0.15, 0.2) is 24.3 Å². The van der Waals surface area contributed by atoms with Crippen LogP contribution in [0.5, 0.6) is 0 Å². The highest BCUT2D eigenvalue weighted by Gasteiger charge is 2.42. The molecule has 4 bridgehead atoms. The third kappa shape index (κ3) is 6.01. The SMILES string of the molecule is Cc1cc2nc(n1)NC1(CCCCC3CCCN(C3)c3cc(NSCCO)ccc3C(=O)N2)CC1. The van der Waals surface area contributed by atoms with E-state index in [2.05, 4.69) is 36.3 Å². The van der Waals surface area contributed by atoms with Crippen molar-refractivity contribution < 1.29 is 9.90 Å². The molecule has 1 atom stereocenters. The molecule has 2 aliphatic heterocycles. The van der Waals surface area contributed by atoms with E-state index in [0.29, 0.717) is 29.0 Å². The molecule has 1 saturated carbocycles. The van der Waals surface area contributed by atoms with Gasteiger partial charge in [-0.15, -0.1) is 0 Å². The Balaban J connectivity index is 1.47. The maximum absolute atomic E-state index is 13.5. The van der Waals surface area contributed by atoms with Gasteiger partial charge in [-0.05, 0) is 69.6 Å². The Morgan fingerprint density at radius 2 is 2.03 bits per heavy atom. The third-order valence-corrected chi connectivity index (χ3v) is 8.10. The summed E-state index contributed by atoms with van der Waals surface area (Å²) in [4.78, 5) is 25.1. The molecule has 1 aromatic heterocycles. The first kappa shape index (κ1) is 24.2. The number of benzene rings is 1. The number of aliphatic hydroxyl groups excluding tert-OH is 1. The van der Waals surface area contributed by atoms with Gasteiger partial charge in [0.05, 0.1) is 17.9 Å². The molecule has 2 aromatic rings. The van der Waals surface area contributed by atoms with Crippen molar-refractivity contribution in [3.63, 3.8) is 0 Å². The molecule has 2 fully saturated rings. The van der Waals surface area contributed by atoms with E-state index in [1.807, 2.05) is 25.1 Å². The molecule has 3 aliphatic rings. The van der Waals surface area contributed by atoms with Gasteiger partial charge < -0.3 is 25.4 Å². The standard InChI is InChI=1S/C26H36N6O2S/c1-18-15-23-28-24(34)21-8-7-20(31-35-14-13-33)16-22(21)32-12-4-6-19(17-32)5-2-3-9-26(10-11-26)30-25(27-18)29-23/h7-8,15-16,19,31,33H,2-6,9-14,17H2,1H3,(H2,27,28,29,30,34). The Morgan fingerprint density at radius 3 is 2.86 bits per heavy atom. The Hall–Kier alpha value is -2.52. The van der Waals surface area contributed by atoms with Gasteiger partial charge in [-0.1, -0.05) is 24.8 Å². The van der Waals surface area contributed by atoms with Crippen molar-refractivity contribution in [3.8, 4) is 0 Å². The number of hydrogen-bond donors (Lipinski definition) is 4. The summed E-state index contributed by atoms with van der Waals surface area (Å²) >= 11 is 1.46. The number of piperidine rings is 1. The van der Waals surface area contributed by atoms with Crippen LogP contribution in [0.3, 0.4) is 0 Å². The summed E-state index contributed by atoms with van der Waals surface area (Å²) in [5.74, 6) is 2.22. The summed E-state index contributed by atoms with van der Waals surface area (Å²) in [6, 6.07) is 7.72. The number of rotatable bonds is 4. The van der Waals surface area contributed by atoms with Gasteiger partial charge in [0, 0.05) is 41.8 Å². The third-order valence-electron chi connectivity index (χ3n) is 7.33. The van der Waals surface area contributed by atoms with Gasteiger partial charge in [-0.3, -0.25) is 4.79 Å². The van der Waals surface area contributed by atoms with Gasteiger partial charge in [-0.2, -0.15) is 4.98 Å². The smallest absolute Gasteiger partial charge is 0.258 e. The number of nitrogens with one attached hydrogen (secondary N) is 3. The van der Waals surface area contributed by atoms with Crippen LogP contribution in [-0.4, -0.2) is 52.0 Å². The van der Waals surface area contributed by atoms with Crippen molar-refractivity contribution in [1.82, 2.24) is 9.97 Å². The monoisotopic (exact) mass is 496 g/mol. The minimum Gasteiger partial charge on any atom is -0.395 e. The zero-order valence-corrected chi connectivity index (χ0v) is 21.3. The average molecular weight is 497 g/mol. The number of carbonyl (C=O) groups is 1. The van der Waals surface area contributed by atoms with Crippen LogP contribution in [0.2, 0.25) is 0 Å². The lowest BCUT2D eigenvalue weighted by Crippen LogP contribution is -2.36. The number of carbonyl (C=O) groups excluding carboxylic acids is 1. The Labute approximate surface area is 211 Å². The summed E-state index contributed by atoms with van der Waals surface area (Å²) in [5, 5.41) is 15.7.